The lowest BCUT2D eigenvalue weighted by Crippen LogP contribution is -2.40. The van der Waals surface area contributed by atoms with Crippen LogP contribution in [0.5, 0.6) is 0 Å². The summed E-state index contributed by atoms with van der Waals surface area (Å²) < 4.78 is 5.38. The van der Waals surface area contributed by atoms with Crippen molar-refractivity contribution >= 4 is 11.6 Å². The SMILES string of the molecule is O=C([C@H]1CC(c2ccccc2)=NO1)N(Cc1ccco1)C1CC1. The van der Waals surface area contributed by atoms with Gasteiger partial charge in [-0.3, -0.25) is 4.79 Å². The average Bonchev–Trinajstić information content (AvgIpc) is 3.10. The van der Waals surface area contributed by atoms with E-state index in [0.29, 0.717) is 19.0 Å². The van der Waals surface area contributed by atoms with Gasteiger partial charge in [0.15, 0.2) is 0 Å². The van der Waals surface area contributed by atoms with E-state index in [1.165, 1.54) is 0 Å². The molecule has 1 aliphatic heterocycles. The molecule has 2 aliphatic rings. The van der Waals surface area contributed by atoms with Crippen LogP contribution in [-0.4, -0.2) is 28.7 Å². The third kappa shape index (κ3) is 2.99. The lowest BCUT2D eigenvalue weighted by molar-refractivity contribution is -0.143. The highest BCUT2D eigenvalue weighted by Crippen LogP contribution is 2.31. The summed E-state index contributed by atoms with van der Waals surface area (Å²) in [5, 5.41) is 4.11. The molecule has 2 heterocycles. The Balaban J connectivity index is 1.44. The fourth-order valence-corrected chi connectivity index (χ4v) is 2.84. The minimum absolute atomic E-state index is 0.00131. The monoisotopic (exact) mass is 310 g/mol. The third-order valence-corrected chi connectivity index (χ3v) is 4.23. The minimum Gasteiger partial charge on any atom is -0.467 e. The Hall–Kier alpha value is -2.56. The average molecular weight is 310 g/mol. The number of carbonyl (C=O) groups is 1. The van der Waals surface area contributed by atoms with Gasteiger partial charge in [-0.1, -0.05) is 35.5 Å². The molecule has 5 nitrogen and oxygen atoms in total. The number of carbonyl (C=O) groups excluding carboxylic acids is 1. The van der Waals surface area contributed by atoms with Crippen LogP contribution in [0.15, 0.2) is 58.3 Å². The molecule has 1 aromatic heterocycles. The number of oxime groups is 1. The summed E-state index contributed by atoms with van der Waals surface area (Å²) in [5.41, 5.74) is 1.84. The van der Waals surface area contributed by atoms with Crippen molar-refractivity contribution in [2.75, 3.05) is 0 Å². The number of nitrogens with zero attached hydrogens (tertiary/aromatic N) is 2. The normalized spacial score (nSPS) is 20.0. The molecule has 2 aromatic rings. The molecule has 4 rings (SSSR count). The molecule has 118 valence electrons. The Labute approximate surface area is 134 Å². The largest absolute Gasteiger partial charge is 0.467 e. The van der Waals surface area contributed by atoms with Crippen molar-refractivity contribution in [1.29, 1.82) is 0 Å². The highest BCUT2D eigenvalue weighted by atomic mass is 16.6. The molecule has 5 heteroatoms. The lowest BCUT2D eigenvalue weighted by Gasteiger charge is -2.23. The summed E-state index contributed by atoms with van der Waals surface area (Å²) >= 11 is 0. The maximum Gasteiger partial charge on any atom is 0.267 e. The molecule has 0 spiro atoms. The summed E-state index contributed by atoms with van der Waals surface area (Å²) in [5.74, 6) is 0.797. The number of rotatable bonds is 5. The van der Waals surface area contributed by atoms with Gasteiger partial charge in [0, 0.05) is 12.5 Å². The summed E-state index contributed by atoms with van der Waals surface area (Å²) in [4.78, 5) is 20.1. The van der Waals surface area contributed by atoms with Crippen molar-refractivity contribution < 1.29 is 14.0 Å². The molecule has 0 N–H and O–H groups in total. The van der Waals surface area contributed by atoms with Gasteiger partial charge in [-0.25, -0.2) is 0 Å². The van der Waals surface area contributed by atoms with Gasteiger partial charge in [0.1, 0.15) is 5.76 Å². The minimum atomic E-state index is -0.527. The number of benzene rings is 1. The first-order valence-electron chi connectivity index (χ1n) is 7.92. The molecule has 1 amide bonds. The van der Waals surface area contributed by atoms with Crippen LogP contribution in [0.25, 0.3) is 0 Å². The molecule has 1 atom stereocenters. The molecule has 1 saturated carbocycles. The summed E-state index contributed by atoms with van der Waals surface area (Å²) in [7, 11) is 0. The van der Waals surface area contributed by atoms with E-state index < -0.39 is 6.10 Å². The van der Waals surface area contributed by atoms with E-state index in [2.05, 4.69) is 5.16 Å². The van der Waals surface area contributed by atoms with Gasteiger partial charge in [-0.2, -0.15) is 0 Å². The van der Waals surface area contributed by atoms with E-state index in [1.54, 1.807) is 6.26 Å². The fourth-order valence-electron chi connectivity index (χ4n) is 2.84. The molecule has 23 heavy (non-hydrogen) atoms. The highest BCUT2D eigenvalue weighted by Gasteiger charge is 2.39. The van der Waals surface area contributed by atoms with Crippen LogP contribution in [-0.2, 0) is 16.2 Å². The van der Waals surface area contributed by atoms with Gasteiger partial charge in [-0.15, -0.1) is 0 Å². The molecule has 1 aliphatic carbocycles. The van der Waals surface area contributed by atoms with Crippen molar-refractivity contribution in [2.45, 2.75) is 38.0 Å². The molecule has 0 unspecified atom stereocenters. The zero-order valence-corrected chi connectivity index (χ0v) is 12.7. The van der Waals surface area contributed by atoms with Crippen molar-refractivity contribution in [3.63, 3.8) is 0 Å². The van der Waals surface area contributed by atoms with Gasteiger partial charge in [0.05, 0.1) is 18.5 Å². The zero-order valence-electron chi connectivity index (χ0n) is 12.7. The van der Waals surface area contributed by atoms with E-state index >= 15 is 0 Å². The maximum atomic E-state index is 12.8. The second kappa shape index (κ2) is 5.91. The van der Waals surface area contributed by atoms with Gasteiger partial charge >= 0.3 is 0 Å². The Kier molecular flexibility index (Phi) is 3.61. The standard InChI is InChI=1S/C18H18N2O3/c21-18(20(14-8-9-14)12-15-7-4-10-22-15)17-11-16(19-23-17)13-5-2-1-3-6-13/h1-7,10,14,17H,8-9,11-12H2/t17-/m1/s1. The molecule has 0 saturated heterocycles. The number of amides is 1. The van der Waals surface area contributed by atoms with E-state index in [1.807, 2.05) is 47.4 Å². The third-order valence-electron chi connectivity index (χ3n) is 4.23. The van der Waals surface area contributed by atoms with Gasteiger partial charge in [0.2, 0.25) is 6.10 Å². The first kappa shape index (κ1) is 14.1. The number of hydrogen-bond acceptors (Lipinski definition) is 4. The smallest absolute Gasteiger partial charge is 0.267 e. The van der Waals surface area contributed by atoms with Crippen molar-refractivity contribution in [3.05, 3.63) is 60.1 Å². The first-order valence-corrected chi connectivity index (χ1v) is 7.92. The molecular formula is C18H18N2O3. The van der Waals surface area contributed by atoms with E-state index in [4.69, 9.17) is 9.25 Å². The fraction of sp³-hybridized carbons (Fsp3) is 0.333. The Morgan fingerprint density at radius 1 is 1.17 bits per heavy atom. The number of furan rings is 1. The predicted molar refractivity (Wildman–Crippen MR) is 84.7 cm³/mol. The van der Waals surface area contributed by atoms with Gasteiger partial charge in [0.25, 0.3) is 5.91 Å². The van der Waals surface area contributed by atoms with Crippen LogP contribution in [0.2, 0.25) is 0 Å². The maximum absolute atomic E-state index is 12.8. The van der Waals surface area contributed by atoms with Crippen LogP contribution < -0.4 is 0 Å². The lowest BCUT2D eigenvalue weighted by atomic mass is 10.0. The van der Waals surface area contributed by atoms with E-state index in [-0.39, 0.29) is 5.91 Å². The van der Waals surface area contributed by atoms with Gasteiger partial charge < -0.3 is 14.2 Å². The second-order valence-corrected chi connectivity index (χ2v) is 5.98. The first-order chi connectivity index (χ1) is 11.3. The van der Waals surface area contributed by atoms with Crippen LogP contribution in [0.4, 0.5) is 0 Å². The molecule has 0 radical (unpaired) electrons. The van der Waals surface area contributed by atoms with Crippen molar-refractivity contribution in [3.8, 4) is 0 Å². The molecular weight excluding hydrogens is 292 g/mol. The van der Waals surface area contributed by atoms with Crippen LogP contribution >= 0.6 is 0 Å². The van der Waals surface area contributed by atoms with Crippen molar-refractivity contribution in [1.82, 2.24) is 4.90 Å². The molecule has 0 bridgehead atoms. The predicted octanol–water partition coefficient (Wildman–Crippen LogP) is 2.96. The van der Waals surface area contributed by atoms with Gasteiger partial charge in [-0.05, 0) is 30.5 Å². The topological polar surface area (TPSA) is 55.0 Å². The Bertz CT molecular complexity index is 705. The zero-order chi connectivity index (χ0) is 15.6. The summed E-state index contributed by atoms with van der Waals surface area (Å²) in [6.07, 6.45) is 3.72. The van der Waals surface area contributed by atoms with Crippen LogP contribution in [0.3, 0.4) is 0 Å². The summed E-state index contributed by atoms with van der Waals surface area (Å²) in [6, 6.07) is 13.9. The van der Waals surface area contributed by atoms with Crippen LogP contribution in [0.1, 0.15) is 30.6 Å². The number of hydrogen-bond donors (Lipinski definition) is 0. The van der Waals surface area contributed by atoms with E-state index in [0.717, 1.165) is 29.9 Å². The Morgan fingerprint density at radius 3 is 2.70 bits per heavy atom. The molecule has 1 fully saturated rings. The highest BCUT2D eigenvalue weighted by molar-refractivity contribution is 6.04. The van der Waals surface area contributed by atoms with Crippen LogP contribution in [0, 0.1) is 0 Å². The van der Waals surface area contributed by atoms with Crippen molar-refractivity contribution in [2.24, 2.45) is 5.16 Å². The second-order valence-electron chi connectivity index (χ2n) is 5.98. The quantitative estimate of drug-likeness (QED) is 0.853. The van der Waals surface area contributed by atoms with E-state index in [9.17, 15) is 4.79 Å². The molecule has 1 aromatic carbocycles. The Morgan fingerprint density at radius 2 is 2.00 bits per heavy atom. The summed E-state index contributed by atoms with van der Waals surface area (Å²) in [6.45, 7) is 0.497.